The number of nitrogens with zero attached hydrogens (tertiary/aromatic N) is 1. The summed E-state index contributed by atoms with van der Waals surface area (Å²) >= 11 is 0. The average Bonchev–Trinajstić information content (AvgIpc) is 2.84. The lowest BCUT2D eigenvalue weighted by atomic mass is 10.0. The van der Waals surface area contributed by atoms with Crippen molar-refractivity contribution in [3.05, 3.63) is 0 Å². The van der Waals surface area contributed by atoms with Crippen LogP contribution < -0.4 is 0 Å². The van der Waals surface area contributed by atoms with Crippen molar-refractivity contribution in [2.45, 2.75) is 147 Å². The van der Waals surface area contributed by atoms with Crippen LogP contribution in [-0.2, 0) is 4.79 Å². The molecule has 0 aromatic carbocycles. The summed E-state index contributed by atoms with van der Waals surface area (Å²) in [6, 6.07) is 0. The van der Waals surface area contributed by atoms with Crippen LogP contribution in [0.2, 0.25) is 0 Å². The van der Waals surface area contributed by atoms with Crippen molar-refractivity contribution in [1.82, 2.24) is 4.90 Å². The fourth-order valence-corrected chi connectivity index (χ4v) is 4.22. The van der Waals surface area contributed by atoms with Crippen LogP contribution in [0.1, 0.15) is 123 Å². The lowest BCUT2D eigenvalue weighted by Gasteiger charge is -2.30. The summed E-state index contributed by atoms with van der Waals surface area (Å²) in [7, 11) is 0. The van der Waals surface area contributed by atoms with E-state index >= 15 is 0 Å². The molecule has 0 aliphatic heterocycles. The predicted octanol–water partition coefficient (Wildman–Crippen LogP) is 3.92. The first kappa shape index (κ1) is 33.3. The lowest BCUT2D eigenvalue weighted by molar-refractivity contribution is -0.140. The fraction of sp³-hybridized carbons (Fsp3) is 0.963. The van der Waals surface area contributed by atoms with Gasteiger partial charge in [0.1, 0.15) is 24.4 Å². The van der Waals surface area contributed by atoms with Crippen molar-refractivity contribution in [2.24, 2.45) is 0 Å². The van der Waals surface area contributed by atoms with E-state index in [1.165, 1.54) is 64.2 Å². The molecule has 0 aliphatic rings. The minimum atomic E-state index is -1.67. The molecule has 0 saturated heterocycles. The largest absolute Gasteiger partial charge is 0.394 e. The van der Waals surface area contributed by atoms with Gasteiger partial charge in [0.2, 0.25) is 5.91 Å². The maximum atomic E-state index is 12.8. The Kier molecular flexibility index (Phi) is 22.2. The van der Waals surface area contributed by atoms with Gasteiger partial charge in [0.15, 0.2) is 0 Å². The predicted molar refractivity (Wildman–Crippen MR) is 138 cm³/mol. The Balaban J connectivity index is 4.50. The van der Waals surface area contributed by atoms with Crippen molar-refractivity contribution in [3.8, 4) is 0 Å². The van der Waals surface area contributed by atoms with Crippen LogP contribution in [0.25, 0.3) is 0 Å². The summed E-state index contributed by atoms with van der Waals surface area (Å²) in [4.78, 5) is 14.4. The molecule has 34 heavy (non-hydrogen) atoms. The maximum Gasteiger partial charge on any atom is 0.222 e. The summed E-state index contributed by atoms with van der Waals surface area (Å²) in [5.74, 6) is -0.0464. The van der Waals surface area contributed by atoms with E-state index in [2.05, 4.69) is 13.8 Å². The Morgan fingerprint density at radius 3 is 1.50 bits per heavy atom. The van der Waals surface area contributed by atoms with Crippen molar-refractivity contribution < 1.29 is 30.3 Å². The van der Waals surface area contributed by atoms with E-state index < -0.39 is 31.0 Å². The molecule has 0 heterocycles. The third-order valence-electron chi connectivity index (χ3n) is 6.61. The normalized spacial score (nSPS) is 15.1. The van der Waals surface area contributed by atoms with Crippen molar-refractivity contribution in [2.75, 3.05) is 19.7 Å². The number of hydrogen-bond donors (Lipinski definition) is 5. The van der Waals surface area contributed by atoms with Gasteiger partial charge < -0.3 is 30.4 Å². The van der Waals surface area contributed by atoms with Gasteiger partial charge >= 0.3 is 0 Å². The topological polar surface area (TPSA) is 121 Å². The van der Waals surface area contributed by atoms with Gasteiger partial charge in [0.05, 0.1) is 6.61 Å². The number of aliphatic hydroxyl groups excluding tert-OH is 5. The van der Waals surface area contributed by atoms with Gasteiger partial charge in [-0.1, -0.05) is 104 Å². The Labute approximate surface area is 208 Å². The molecule has 0 radical (unpaired) electrons. The highest BCUT2D eigenvalue weighted by molar-refractivity contribution is 5.76. The van der Waals surface area contributed by atoms with Crippen LogP contribution in [0, 0.1) is 0 Å². The Morgan fingerprint density at radius 2 is 1.03 bits per heavy atom. The highest BCUT2D eigenvalue weighted by Crippen LogP contribution is 2.14. The van der Waals surface area contributed by atoms with Gasteiger partial charge in [0.25, 0.3) is 0 Å². The first-order chi connectivity index (χ1) is 16.4. The number of carbonyl (C=O) groups excluding carboxylic acids is 1. The van der Waals surface area contributed by atoms with Crippen molar-refractivity contribution in [1.29, 1.82) is 0 Å². The molecule has 0 aromatic rings. The quantitative estimate of drug-likeness (QED) is 0.131. The molecule has 0 fully saturated rings. The van der Waals surface area contributed by atoms with Crippen LogP contribution in [0.3, 0.4) is 0 Å². The van der Waals surface area contributed by atoms with E-state index in [-0.39, 0.29) is 12.5 Å². The van der Waals surface area contributed by atoms with Crippen LogP contribution in [-0.4, -0.2) is 80.5 Å². The molecule has 204 valence electrons. The van der Waals surface area contributed by atoms with E-state index in [0.29, 0.717) is 13.0 Å². The molecule has 0 bridgehead atoms. The number of hydrogen-bond acceptors (Lipinski definition) is 6. The molecule has 1 amide bonds. The smallest absolute Gasteiger partial charge is 0.222 e. The molecule has 5 N–H and O–H groups in total. The van der Waals surface area contributed by atoms with Gasteiger partial charge in [-0.3, -0.25) is 4.79 Å². The van der Waals surface area contributed by atoms with Crippen LogP contribution in [0.15, 0.2) is 0 Å². The molecule has 0 spiro atoms. The first-order valence-electron chi connectivity index (χ1n) is 14.0. The second kappa shape index (κ2) is 22.7. The molecule has 0 saturated carbocycles. The number of amides is 1. The average molecular weight is 490 g/mol. The van der Waals surface area contributed by atoms with Gasteiger partial charge in [-0.15, -0.1) is 0 Å². The number of unbranched alkanes of at least 4 members (excludes halogenated alkanes) is 14. The zero-order valence-corrected chi connectivity index (χ0v) is 22.0. The van der Waals surface area contributed by atoms with Crippen LogP contribution in [0.5, 0.6) is 0 Å². The molecular weight excluding hydrogens is 434 g/mol. The van der Waals surface area contributed by atoms with Crippen molar-refractivity contribution >= 4 is 5.91 Å². The third-order valence-corrected chi connectivity index (χ3v) is 6.61. The number of carbonyl (C=O) groups is 1. The Hall–Kier alpha value is -0.730. The molecule has 0 unspecified atom stereocenters. The summed E-state index contributed by atoms with van der Waals surface area (Å²) in [6.45, 7) is 4.09. The van der Waals surface area contributed by atoms with E-state index in [4.69, 9.17) is 5.11 Å². The standard InChI is InChI=1S/C27H55NO6/c1-3-5-7-9-11-12-13-14-16-18-20-28(25(32)19-17-15-10-8-6-4-2)21-23(30)26(33)27(34)24(31)22-29/h23-24,26-27,29-31,33-34H,3-22H2,1-2H3/t23-,24+,26+,27+/m0/s1. The van der Waals surface area contributed by atoms with Gasteiger partial charge in [-0.25, -0.2) is 0 Å². The van der Waals surface area contributed by atoms with E-state index in [1.54, 1.807) is 4.90 Å². The van der Waals surface area contributed by atoms with Crippen LogP contribution in [0.4, 0.5) is 0 Å². The lowest BCUT2D eigenvalue weighted by Crippen LogP contribution is -2.50. The molecule has 7 heteroatoms. The second-order valence-corrected chi connectivity index (χ2v) is 9.84. The zero-order chi connectivity index (χ0) is 25.6. The fourth-order valence-electron chi connectivity index (χ4n) is 4.22. The van der Waals surface area contributed by atoms with Crippen LogP contribution >= 0.6 is 0 Å². The van der Waals surface area contributed by atoms with Crippen molar-refractivity contribution in [3.63, 3.8) is 0 Å². The van der Waals surface area contributed by atoms with E-state index in [9.17, 15) is 25.2 Å². The summed E-state index contributed by atoms with van der Waals surface area (Å²) in [5.41, 5.74) is 0. The second-order valence-electron chi connectivity index (χ2n) is 9.84. The van der Waals surface area contributed by atoms with E-state index in [0.717, 1.165) is 38.5 Å². The highest BCUT2D eigenvalue weighted by Gasteiger charge is 2.31. The molecular formula is C27H55NO6. The monoisotopic (exact) mass is 489 g/mol. The molecule has 7 nitrogen and oxygen atoms in total. The summed E-state index contributed by atoms with van der Waals surface area (Å²) < 4.78 is 0. The Morgan fingerprint density at radius 1 is 0.618 bits per heavy atom. The van der Waals surface area contributed by atoms with Gasteiger partial charge in [-0.2, -0.15) is 0 Å². The Bertz CT molecular complexity index is 464. The molecule has 0 aliphatic carbocycles. The maximum absolute atomic E-state index is 12.8. The first-order valence-corrected chi connectivity index (χ1v) is 14.0. The molecule has 0 aromatic heterocycles. The van der Waals surface area contributed by atoms with Gasteiger partial charge in [-0.05, 0) is 12.8 Å². The minimum absolute atomic E-state index is 0.0464. The highest BCUT2D eigenvalue weighted by atomic mass is 16.4. The van der Waals surface area contributed by atoms with Gasteiger partial charge in [0, 0.05) is 19.5 Å². The zero-order valence-electron chi connectivity index (χ0n) is 22.0. The number of rotatable bonds is 24. The summed E-state index contributed by atoms with van der Waals surface area (Å²) in [6.07, 6.45) is 12.6. The summed E-state index contributed by atoms with van der Waals surface area (Å²) in [5, 5.41) is 48.9. The molecule has 0 rings (SSSR count). The minimum Gasteiger partial charge on any atom is -0.394 e. The third kappa shape index (κ3) is 16.8. The number of aliphatic hydroxyl groups is 5. The SMILES string of the molecule is CCCCCCCCCCCCN(C[C@H](O)[C@@H](O)[C@H](O)[C@H](O)CO)C(=O)CCCCCCCC. The molecule has 4 atom stereocenters. The van der Waals surface area contributed by atoms with E-state index in [1.807, 2.05) is 0 Å².